The van der Waals surface area contributed by atoms with Crippen LogP contribution in [0.2, 0.25) is 5.02 Å². The quantitative estimate of drug-likeness (QED) is 0.872. The lowest BCUT2D eigenvalue weighted by molar-refractivity contribution is 0.0934. The number of hydrogen-bond donors (Lipinski definition) is 2. The van der Waals surface area contributed by atoms with Gasteiger partial charge in [-0.1, -0.05) is 35.9 Å². The van der Waals surface area contributed by atoms with Crippen molar-refractivity contribution in [3.63, 3.8) is 0 Å². The minimum Gasteiger partial charge on any atom is -0.507 e. The molecular formula is C19H18ClNO2. The van der Waals surface area contributed by atoms with Crippen LogP contribution in [0.5, 0.6) is 5.75 Å². The lowest BCUT2D eigenvalue weighted by Crippen LogP contribution is -2.27. The Balaban J connectivity index is 1.79. The molecule has 0 aromatic heterocycles. The maximum absolute atomic E-state index is 12.5. The van der Waals surface area contributed by atoms with Gasteiger partial charge >= 0.3 is 0 Å². The molecule has 0 bridgehead atoms. The van der Waals surface area contributed by atoms with Crippen LogP contribution in [0.25, 0.3) is 6.08 Å². The fourth-order valence-electron chi connectivity index (χ4n) is 3.01. The number of rotatable bonds is 3. The topological polar surface area (TPSA) is 49.3 Å². The van der Waals surface area contributed by atoms with Crippen LogP contribution in [-0.4, -0.2) is 11.0 Å². The number of amides is 1. The van der Waals surface area contributed by atoms with Crippen molar-refractivity contribution < 1.29 is 9.90 Å². The second kappa shape index (κ2) is 6.47. The Morgan fingerprint density at radius 2 is 2.13 bits per heavy atom. The average Bonchev–Trinajstić information content (AvgIpc) is 2.89. The summed E-state index contributed by atoms with van der Waals surface area (Å²) in [5.41, 5.74) is 3.44. The molecule has 1 aliphatic rings. The molecule has 0 unspecified atom stereocenters. The van der Waals surface area contributed by atoms with Crippen molar-refractivity contribution in [3.05, 3.63) is 69.8 Å². The third-order valence-electron chi connectivity index (χ3n) is 4.11. The van der Waals surface area contributed by atoms with E-state index in [-0.39, 0.29) is 17.7 Å². The van der Waals surface area contributed by atoms with Crippen LogP contribution in [0.4, 0.5) is 0 Å². The second-order valence-electron chi connectivity index (χ2n) is 5.68. The van der Waals surface area contributed by atoms with E-state index in [0.29, 0.717) is 10.6 Å². The van der Waals surface area contributed by atoms with Crippen LogP contribution < -0.4 is 5.32 Å². The van der Waals surface area contributed by atoms with Crippen molar-refractivity contribution in [2.75, 3.05) is 0 Å². The SMILES string of the molecule is C/C=C/c1ccc(C(=O)N[C@@H]2CCc3cc(Cl)ccc32)c(O)c1. The molecule has 4 heteroatoms. The summed E-state index contributed by atoms with van der Waals surface area (Å²) in [4.78, 5) is 12.5. The van der Waals surface area contributed by atoms with Gasteiger partial charge in [-0.15, -0.1) is 0 Å². The highest BCUT2D eigenvalue weighted by atomic mass is 35.5. The number of carbonyl (C=O) groups excluding carboxylic acids is 1. The Morgan fingerprint density at radius 1 is 1.30 bits per heavy atom. The van der Waals surface area contributed by atoms with Gasteiger partial charge in [-0.05, 0) is 60.7 Å². The summed E-state index contributed by atoms with van der Waals surface area (Å²) in [7, 11) is 0. The van der Waals surface area contributed by atoms with Gasteiger partial charge in [-0.25, -0.2) is 0 Å². The highest BCUT2D eigenvalue weighted by Crippen LogP contribution is 2.33. The average molecular weight is 328 g/mol. The van der Waals surface area contributed by atoms with Crippen LogP contribution in [0.3, 0.4) is 0 Å². The molecule has 118 valence electrons. The van der Waals surface area contributed by atoms with Gasteiger partial charge in [0.05, 0.1) is 11.6 Å². The zero-order valence-electron chi connectivity index (χ0n) is 12.8. The first-order valence-corrected chi connectivity index (χ1v) is 8.01. The number of nitrogens with one attached hydrogen (secondary N) is 1. The number of halogens is 1. The molecule has 2 N–H and O–H groups in total. The first kappa shape index (κ1) is 15.6. The predicted octanol–water partition coefficient (Wildman–Crippen LogP) is 4.50. The molecule has 1 aliphatic carbocycles. The van der Waals surface area contributed by atoms with E-state index >= 15 is 0 Å². The molecule has 0 saturated carbocycles. The Bertz CT molecular complexity index is 783. The van der Waals surface area contributed by atoms with Crippen molar-refractivity contribution >= 4 is 23.6 Å². The molecule has 0 spiro atoms. The summed E-state index contributed by atoms with van der Waals surface area (Å²) in [5, 5.41) is 13.8. The molecule has 3 rings (SSSR count). The fourth-order valence-corrected chi connectivity index (χ4v) is 3.20. The molecule has 2 aromatic carbocycles. The minimum atomic E-state index is -0.262. The van der Waals surface area contributed by atoms with E-state index < -0.39 is 0 Å². The van der Waals surface area contributed by atoms with Crippen LogP contribution in [-0.2, 0) is 6.42 Å². The molecule has 0 fully saturated rings. The molecule has 3 nitrogen and oxygen atoms in total. The van der Waals surface area contributed by atoms with Gasteiger partial charge in [0, 0.05) is 5.02 Å². The van der Waals surface area contributed by atoms with Crippen molar-refractivity contribution in [2.45, 2.75) is 25.8 Å². The Kier molecular flexibility index (Phi) is 4.39. The lowest BCUT2D eigenvalue weighted by atomic mass is 10.1. The third kappa shape index (κ3) is 3.25. The van der Waals surface area contributed by atoms with Crippen LogP contribution in [0, 0.1) is 0 Å². The van der Waals surface area contributed by atoms with Crippen molar-refractivity contribution in [1.82, 2.24) is 5.32 Å². The fraction of sp³-hybridized carbons (Fsp3) is 0.211. The zero-order chi connectivity index (χ0) is 16.4. The number of fused-ring (bicyclic) bond motifs is 1. The van der Waals surface area contributed by atoms with Gasteiger partial charge in [0.2, 0.25) is 0 Å². The van der Waals surface area contributed by atoms with Gasteiger partial charge in [-0.3, -0.25) is 4.79 Å². The number of aromatic hydroxyl groups is 1. The molecule has 0 aliphatic heterocycles. The normalized spacial score (nSPS) is 16.5. The van der Waals surface area contributed by atoms with E-state index in [1.54, 1.807) is 12.1 Å². The number of phenolic OH excluding ortho intramolecular Hbond substituents is 1. The lowest BCUT2D eigenvalue weighted by Gasteiger charge is -2.15. The van der Waals surface area contributed by atoms with Gasteiger partial charge in [0.25, 0.3) is 5.91 Å². The molecule has 0 radical (unpaired) electrons. The number of hydrogen-bond acceptors (Lipinski definition) is 2. The number of aryl methyl sites for hydroxylation is 1. The molecule has 2 aromatic rings. The molecular weight excluding hydrogens is 310 g/mol. The van der Waals surface area contributed by atoms with Crippen molar-refractivity contribution in [3.8, 4) is 5.75 Å². The van der Waals surface area contributed by atoms with Crippen LogP contribution in [0.15, 0.2) is 42.5 Å². The summed E-state index contributed by atoms with van der Waals surface area (Å²) in [5.74, 6) is -0.269. The van der Waals surface area contributed by atoms with Gasteiger partial charge in [0.1, 0.15) is 5.75 Å². The molecule has 23 heavy (non-hydrogen) atoms. The molecule has 1 atom stereocenters. The highest BCUT2D eigenvalue weighted by molar-refractivity contribution is 6.30. The second-order valence-corrected chi connectivity index (χ2v) is 6.12. The van der Waals surface area contributed by atoms with E-state index in [1.165, 1.54) is 5.56 Å². The maximum atomic E-state index is 12.5. The number of phenols is 1. The smallest absolute Gasteiger partial charge is 0.255 e. The Morgan fingerprint density at radius 3 is 2.87 bits per heavy atom. The summed E-state index contributed by atoms with van der Waals surface area (Å²) in [6, 6.07) is 10.8. The van der Waals surface area contributed by atoms with E-state index in [0.717, 1.165) is 24.0 Å². The van der Waals surface area contributed by atoms with E-state index in [2.05, 4.69) is 5.32 Å². The standard InChI is InChI=1S/C19H18ClNO2/c1-2-3-12-4-7-16(18(22)10-12)19(23)21-17-9-5-13-11-14(20)6-8-15(13)17/h2-4,6-8,10-11,17,22H,5,9H2,1H3,(H,21,23)/b3-2+/t17-/m1/s1. The highest BCUT2D eigenvalue weighted by Gasteiger charge is 2.25. The monoisotopic (exact) mass is 327 g/mol. The zero-order valence-corrected chi connectivity index (χ0v) is 13.6. The third-order valence-corrected chi connectivity index (χ3v) is 4.35. The van der Waals surface area contributed by atoms with Gasteiger partial charge in [0.15, 0.2) is 0 Å². The largest absolute Gasteiger partial charge is 0.507 e. The van der Waals surface area contributed by atoms with Gasteiger partial charge < -0.3 is 10.4 Å². The maximum Gasteiger partial charge on any atom is 0.255 e. The van der Waals surface area contributed by atoms with Crippen molar-refractivity contribution in [1.29, 1.82) is 0 Å². The molecule has 1 amide bonds. The first-order chi connectivity index (χ1) is 11.1. The van der Waals surface area contributed by atoms with E-state index in [1.807, 2.05) is 43.3 Å². The summed E-state index contributed by atoms with van der Waals surface area (Å²) < 4.78 is 0. The molecule has 0 heterocycles. The predicted molar refractivity (Wildman–Crippen MR) is 92.8 cm³/mol. The Hall–Kier alpha value is -2.26. The molecule has 0 saturated heterocycles. The van der Waals surface area contributed by atoms with Crippen LogP contribution >= 0.6 is 11.6 Å². The number of benzene rings is 2. The Labute approximate surface area is 140 Å². The summed E-state index contributed by atoms with van der Waals surface area (Å²) in [6.07, 6.45) is 5.50. The number of carbonyl (C=O) groups is 1. The van der Waals surface area contributed by atoms with Crippen molar-refractivity contribution in [2.24, 2.45) is 0 Å². The first-order valence-electron chi connectivity index (χ1n) is 7.63. The number of allylic oxidation sites excluding steroid dienone is 1. The van der Waals surface area contributed by atoms with Gasteiger partial charge in [-0.2, -0.15) is 0 Å². The van der Waals surface area contributed by atoms with Crippen LogP contribution in [0.1, 0.15) is 46.4 Å². The summed E-state index contributed by atoms with van der Waals surface area (Å²) >= 11 is 6.01. The van der Waals surface area contributed by atoms with E-state index in [4.69, 9.17) is 11.6 Å². The van der Waals surface area contributed by atoms with E-state index in [9.17, 15) is 9.90 Å². The summed E-state index contributed by atoms with van der Waals surface area (Å²) in [6.45, 7) is 1.90. The minimum absolute atomic E-state index is 0.00701.